The highest BCUT2D eigenvalue weighted by Crippen LogP contribution is 2.29. The van der Waals surface area contributed by atoms with Crippen LogP contribution >= 0.6 is 0 Å². The van der Waals surface area contributed by atoms with Gasteiger partial charge in [-0.2, -0.15) is 13.2 Å². The molecule has 0 heterocycles. The number of hydrogen-bond acceptors (Lipinski definition) is 3. The summed E-state index contributed by atoms with van der Waals surface area (Å²) in [7, 11) is 0. The number of aliphatic hydroxyl groups is 1. The molecule has 1 amide bonds. The van der Waals surface area contributed by atoms with Crippen LogP contribution in [0.2, 0.25) is 0 Å². The highest BCUT2D eigenvalue weighted by atomic mass is 19.4. The topological polar surface area (TPSA) is 58.6 Å². The summed E-state index contributed by atoms with van der Waals surface area (Å²) in [5.41, 5.74) is 0. The van der Waals surface area contributed by atoms with Gasteiger partial charge >= 0.3 is 6.18 Å². The van der Waals surface area contributed by atoms with Crippen molar-refractivity contribution in [3.63, 3.8) is 0 Å². The van der Waals surface area contributed by atoms with Gasteiger partial charge in [0.05, 0.1) is 6.61 Å². The van der Waals surface area contributed by atoms with E-state index in [-0.39, 0.29) is 37.4 Å². The normalized spacial score (nSPS) is 23.6. The average Bonchev–Trinajstić information content (AvgIpc) is 2.40. The lowest BCUT2D eigenvalue weighted by molar-refractivity contribution is -0.174. The first kappa shape index (κ1) is 17.2. The Hall–Kier alpha value is -0.820. The zero-order valence-electron chi connectivity index (χ0n) is 11.4. The van der Waals surface area contributed by atoms with Crippen molar-refractivity contribution in [2.45, 2.75) is 38.3 Å². The van der Waals surface area contributed by atoms with Crippen LogP contribution in [0.5, 0.6) is 0 Å². The van der Waals surface area contributed by atoms with E-state index >= 15 is 0 Å². The van der Waals surface area contributed by atoms with Crippen LogP contribution in [-0.2, 0) is 9.53 Å². The number of ether oxygens (including phenoxy) is 1. The molecule has 2 unspecified atom stereocenters. The minimum absolute atomic E-state index is 0.0768. The number of amides is 1. The lowest BCUT2D eigenvalue weighted by Gasteiger charge is -2.30. The van der Waals surface area contributed by atoms with E-state index in [9.17, 15) is 23.1 Å². The number of alkyl halides is 3. The molecule has 4 nitrogen and oxygen atoms in total. The first-order valence-electron chi connectivity index (χ1n) is 6.94. The highest BCUT2D eigenvalue weighted by molar-refractivity contribution is 5.75. The molecule has 0 spiro atoms. The first-order valence-corrected chi connectivity index (χ1v) is 6.94. The number of nitrogens with one attached hydrogen (secondary N) is 1. The van der Waals surface area contributed by atoms with Crippen LogP contribution < -0.4 is 5.32 Å². The van der Waals surface area contributed by atoms with Gasteiger partial charge in [0.25, 0.3) is 0 Å². The Kier molecular flexibility index (Phi) is 7.29. The lowest BCUT2D eigenvalue weighted by Crippen LogP contribution is -2.35. The van der Waals surface area contributed by atoms with Crippen molar-refractivity contribution in [2.24, 2.45) is 11.8 Å². The molecule has 0 aliphatic heterocycles. The standard InChI is InChI=1S/C13H22F3NO3/c14-13(15,16)9-20-6-5-12(19)17-7-10-3-1-2-4-11(10)8-18/h10-11,18H,1-9H2,(H,17,19). The van der Waals surface area contributed by atoms with Gasteiger partial charge in [-0.3, -0.25) is 4.79 Å². The van der Waals surface area contributed by atoms with Gasteiger partial charge in [0.1, 0.15) is 6.61 Å². The molecule has 1 aliphatic carbocycles. The number of hydrogen-bond donors (Lipinski definition) is 2. The minimum Gasteiger partial charge on any atom is -0.396 e. The van der Waals surface area contributed by atoms with Gasteiger partial charge < -0.3 is 15.2 Å². The predicted molar refractivity (Wildman–Crippen MR) is 67.0 cm³/mol. The van der Waals surface area contributed by atoms with E-state index in [0.29, 0.717) is 6.54 Å². The van der Waals surface area contributed by atoms with Gasteiger partial charge in [-0.1, -0.05) is 12.8 Å². The van der Waals surface area contributed by atoms with E-state index in [1.807, 2.05) is 0 Å². The van der Waals surface area contributed by atoms with Crippen LogP contribution in [0.15, 0.2) is 0 Å². The molecular formula is C13H22F3NO3. The predicted octanol–water partition coefficient (Wildman–Crippen LogP) is 1.87. The largest absolute Gasteiger partial charge is 0.411 e. The molecule has 118 valence electrons. The number of aliphatic hydroxyl groups excluding tert-OH is 1. The molecule has 20 heavy (non-hydrogen) atoms. The van der Waals surface area contributed by atoms with Crippen LogP contribution in [-0.4, -0.2) is 43.6 Å². The van der Waals surface area contributed by atoms with Crippen LogP contribution in [0, 0.1) is 11.8 Å². The molecule has 1 aliphatic rings. The van der Waals surface area contributed by atoms with Gasteiger partial charge in [-0.15, -0.1) is 0 Å². The van der Waals surface area contributed by atoms with Crippen molar-refractivity contribution in [1.82, 2.24) is 5.32 Å². The van der Waals surface area contributed by atoms with Crippen molar-refractivity contribution >= 4 is 5.91 Å². The van der Waals surface area contributed by atoms with E-state index in [4.69, 9.17) is 0 Å². The number of carbonyl (C=O) groups excluding carboxylic acids is 1. The molecule has 1 rings (SSSR count). The average molecular weight is 297 g/mol. The number of halogens is 3. The fraction of sp³-hybridized carbons (Fsp3) is 0.923. The molecular weight excluding hydrogens is 275 g/mol. The zero-order chi connectivity index (χ0) is 15.0. The Bertz CT molecular complexity index is 297. The Morgan fingerprint density at radius 1 is 1.25 bits per heavy atom. The molecule has 0 radical (unpaired) electrons. The van der Waals surface area contributed by atoms with Crippen molar-refractivity contribution in [3.05, 3.63) is 0 Å². The summed E-state index contributed by atoms with van der Waals surface area (Å²) in [4.78, 5) is 11.5. The second kappa shape index (κ2) is 8.46. The smallest absolute Gasteiger partial charge is 0.396 e. The van der Waals surface area contributed by atoms with Gasteiger partial charge in [0.15, 0.2) is 0 Å². The maximum atomic E-state index is 11.8. The van der Waals surface area contributed by atoms with Crippen molar-refractivity contribution in [2.75, 3.05) is 26.4 Å². The molecule has 0 aromatic carbocycles. The van der Waals surface area contributed by atoms with E-state index in [1.165, 1.54) is 0 Å². The summed E-state index contributed by atoms with van der Waals surface area (Å²) in [5.74, 6) is 0.161. The number of rotatable bonds is 7. The van der Waals surface area contributed by atoms with Gasteiger partial charge in [0, 0.05) is 19.6 Å². The Balaban J connectivity index is 2.13. The van der Waals surface area contributed by atoms with E-state index < -0.39 is 12.8 Å². The Morgan fingerprint density at radius 3 is 2.50 bits per heavy atom. The van der Waals surface area contributed by atoms with Gasteiger partial charge in [0.2, 0.25) is 5.91 Å². The highest BCUT2D eigenvalue weighted by Gasteiger charge is 2.27. The first-order chi connectivity index (χ1) is 9.42. The summed E-state index contributed by atoms with van der Waals surface area (Å²) >= 11 is 0. The second-order valence-corrected chi connectivity index (χ2v) is 5.21. The monoisotopic (exact) mass is 297 g/mol. The summed E-state index contributed by atoms with van der Waals surface area (Å²) in [6.07, 6.45) is -0.311. The fourth-order valence-corrected chi connectivity index (χ4v) is 2.48. The third-order valence-electron chi connectivity index (χ3n) is 3.60. The summed E-state index contributed by atoms with van der Waals surface area (Å²) in [6.45, 7) is -0.965. The fourth-order valence-electron chi connectivity index (χ4n) is 2.48. The zero-order valence-corrected chi connectivity index (χ0v) is 11.4. The third-order valence-corrected chi connectivity index (χ3v) is 3.60. The van der Waals surface area contributed by atoms with Crippen molar-refractivity contribution in [1.29, 1.82) is 0 Å². The molecule has 1 saturated carbocycles. The number of carbonyl (C=O) groups is 1. The lowest BCUT2D eigenvalue weighted by atomic mass is 9.79. The molecule has 1 fully saturated rings. The van der Waals surface area contributed by atoms with Crippen LogP contribution in [0.4, 0.5) is 13.2 Å². The molecule has 7 heteroatoms. The second-order valence-electron chi connectivity index (χ2n) is 5.21. The molecule has 0 aromatic rings. The third kappa shape index (κ3) is 7.09. The summed E-state index contributed by atoms with van der Waals surface area (Å²) < 4.78 is 39.8. The maximum Gasteiger partial charge on any atom is 0.411 e. The SMILES string of the molecule is O=C(CCOCC(F)(F)F)NCC1CCCCC1CO. The van der Waals surface area contributed by atoms with E-state index in [1.54, 1.807) is 0 Å². The minimum atomic E-state index is -4.35. The molecule has 2 atom stereocenters. The molecule has 0 saturated heterocycles. The van der Waals surface area contributed by atoms with Gasteiger partial charge in [-0.25, -0.2) is 0 Å². The van der Waals surface area contributed by atoms with Gasteiger partial charge in [-0.05, 0) is 24.7 Å². The molecule has 0 bridgehead atoms. The van der Waals surface area contributed by atoms with Crippen LogP contribution in [0.25, 0.3) is 0 Å². The molecule has 0 aromatic heterocycles. The Labute approximate surface area is 116 Å². The van der Waals surface area contributed by atoms with Crippen molar-refractivity contribution in [3.8, 4) is 0 Å². The van der Waals surface area contributed by atoms with Crippen LogP contribution in [0.3, 0.4) is 0 Å². The summed E-state index contributed by atoms with van der Waals surface area (Å²) in [5, 5.41) is 11.9. The quantitative estimate of drug-likeness (QED) is 0.705. The van der Waals surface area contributed by atoms with E-state index in [0.717, 1.165) is 25.7 Å². The van der Waals surface area contributed by atoms with Crippen LogP contribution in [0.1, 0.15) is 32.1 Å². The van der Waals surface area contributed by atoms with Crippen molar-refractivity contribution < 1.29 is 27.8 Å². The Morgan fingerprint density at radius 2 is 1.90 bits per heavy atom. The maximum absolute atomic E-state index is 11.8. The van der Waals surface area contributed by atoms with E-state index in [2.05, 4.69) is 10.1 Å². The summed E-state index contributed by atoms with van der Waals surface area (Å²) in [6, 6.07) is 0. The molecule has 2 N–H and O–H groups in total.